The molecule has 4 aromatic carbocycles. The Morgan fingerprint density at radius 3 is 2.24 bits per heavy atom. The average Bonchev–Trinajstić information content (AvgIpc) is 3.15. The number of carbonyl (C=O) groups excluding carboxylic acids is 1. The van der Waals surface area contributed by atoms with E-state index in [-0.39, 0.29) is 5.91 Å². The zero-order valence-corrected chi connectivity index (χ0v) is 19.0. The minimum atomic E-state index is -0.0279. The van der Waals surface area contributed by atoms with Gasteiger partial charge in [0, 0.05) is 37.4 Å². The highest BCUT2D eigenvalue weighted by Crippen LogP contribution is 2.32. The molecule has 5 heteroatoms. The number of hydrogen-bond donors (Lipinski definition) is 0. The Bertz CT molecular complexity index is 1370. The van der Waals surface area contributed by atoms with E-state index in [1.165, 1.54) is 11.1 Å². The van der Waals surface area contributed by atoms with E-state index in [1.54, 1.807) is 0 Å². The predicted octanol–water partition coefficient (Wildman–Crippen LogP) is 5.09. The second-order valence-electron chi connectivity index (χ2n) is 8.82. The van der Waals surface area contributed by atoms with Crippen molar-refractivity contribution in [3.63, 3.8) is 0 Å². The summed E-state index contributed by atoms with van der Waals surface area (Å²) in [5, 5.41) is 2.29. The molecule has 1 saturated heterocycles. The normalized spacial score (nSPS) is 17.5. The average molecular weight is 447 g/mol. The van der Waals surface area contributed by atoms with Gasteiger partial charge in [0.2, 0.25) is 0 Å². The molecule has 6 rings (SSSR count). The van der Waals surface area contributed by atoms with Crippen molar-refractivity contribution in [1.29, 1.82) is 0 Å². The van der Waals surface area contributed by atoms with Crippen molar-refractivity contribution in [1.82, 2.24) is 4.90 Å². The van der Waals surface area contributed by atoms with Gasteiger partial charge in [-0.15, -0.1) is 0 Å². The summed E-state index contributed by atoms with van der Waals surface area (Å²) in [5.41, 5.74) is 4.43. The third kappa shape index (κ3) is 3.84. The maximum atomic E-state index is 13.5. The van der Waals surface area contributed by atoms with Gasteiger partial charge in [0.15, 0.2) is 0 Å². The van der Waals surface area contributed by atoms with Gasteiger partial charge in [-0.2, -0.15) is 0 Å². The molecule has 2 heterocycles. The number of anilines is 2. The van der Waals surface area contributed by atoms with Crippen LogP contribution in [0.1, 0.15) is 5.56 Å². The van der Waals surface area contributed by atoms with Gasteiger partial charge in [0.25, 0.3) is 5.91 Å². The lowest BCUT2D eigenvalue weighted by Crippen LogP contribution is -2.51. The van der Waals surface area contributed by atoms with Crippen LogP contribution in [0.3, 0.4) is 0 Å². The lowest BCUT2D eigenvalue weighted by Gasteiger charge is -2.37. The van der Waals surface area contributed by atoms with Crippen molar-refractivity contribution in [3.05, 3.63) is 103 Å². The zero-order valence-electron chi connectivity index (χ0n) is 19.0. The van der Waals surface area contributed by atoms with Gasteiger partial charge in [-0.3, -0.25) is 14.6 Å². The first-order chi connectivity index (χ1) is 16.8. The summed E-state index contributed by atoms with van der Waals surface area (Å²) in [4.78, 5) is 25.0. The monoisotopic (exact) mass is 446 g/mol. The van der Waals surface area contributed by atoms with E-state index in [0.717, 1.165) is 48.5 Å². The van der Waals surface area contributed by atoms with Crippen molar-refractivity contribution >= 4 is 39.5 Å². The molecule has 0 unspecified atom stereocenters. The van der Waals surface area contributed by atoms with Gasteiger partial charge < -0.3 is 4.90 Å². The Labute approximate surface area is 199 Å². The van der Waals surface area contributed by atoms with Crippen LogP contribution in [0.2, 0.25) is 0 Å². The van der Waals surface area contributed by atoms with Crippen LogP contribution in [-0.4, -0.2) is 49.4 Å². The third-order valence-electron chi connectivity index (χ3n) is 6.71. The fourth-order valence-corrected chi connectivity index (χ4v) is 4.87. The van der Waals surface area contributed by atoms with E-state index in [0.29, 0.717) is 12.4 Å². The smallest absolute Gasteiger partial charge is 0.278 e. The second-order valence-corrected chi connectivity index (χ2v) is 8.82. The molecule has 1 fully saturated rings. The van der Waals surface area contributed by atoms with E-state index in [2.05, 4.69) is 52.3 Å². The van der Waals surface area contributed by atoms with Crippen molar-refractivity contribution in [2.75, 3.05) is 42.6 Å². The van der Waals surface area contributed by atoms with Crippen LogP contribution in [0.5, 0.6) is 0 Å². The quantitative estimate of drug-likeness (QED) is 0.439. The zero-order chi connectivity index (χ0) is 22.9. The summed E-state index contributed by atoms with van der Waals surface area (Å²) in [7, 11) is 0. The number of aliphatic imine (C=N–C) groups is 1. The van der Waals surface area contributed by atoms with Crippen LogP contribution >= 0.6 is 0 Å². The number of benzene rings is 4. The highest BCUT2D eigenvalue weighted by Gasteiger charge is 2.35. The molecular formula is C29H26N4O. The molecule has 0 atom stereocenters. The van der Waals surface area contributed by atoms with Crippen LogP contribution in [0.25, 0.3) is 10.8 Å². The summed E-state index contributed by atoms with van der Waals surface area (Å²) in [6.07, 6.45) is 0. The number of hydrogen-bond acceptors (Lipinski definition) is 4. The molecule has 0 aromatic heterocycles. The first kappa shape index (κ1) is 20.6. The standard InChI is InChI=1S/C29H26N4O/c34-29-28(30-24-15-14-22-8-4-5-9-23(22)20-24)26-12-6-7-13-27(26)33(29)21-31-16-18-32(19-17-31)25-10-2-1-3-11-25/h1-15,20H,16-19,21H2. The largest absolute Gasteiger partial charge is 0.369 e. The highest BCUT2D eigenvalue weighted by molar-refractivity contribution is 6.54. The molecule has 2 aliphatic heterocycles. The second kappa shape index (κ2) is 8.76. The van der Waals surface area contributed by atoms with E-state index < -0.39 is 0 Å². The molecule has 0 saturated carbocycles. The molecule has 0 bridgehead atoms. The van der Waals surface area contributed by atoms with Gasteiger partial charge in [-0.05, 0) is 41.1 Å². The van der Waals surface area contributed by atoms with Gasteiger partial charge in [-0.25, -0.2) is 4.99 Å². The summed E-state index contributed by atoms with van der Waals surface area (Å²) in [6, 6.07) is 32.8. The molecule has 0 aliphatic carbocycles. The Hall–Kier alpha value is -3.96. The van der Waals surface area contributed by atoms with Crippen LogP contribution in [0.4, 0.5) is 17.1 Å². The minimum absolute atomic E-state index is 0.0279. The van der Waals surface area contributed by atoms with E-state index >= 15 is 0 Å². The first-order valence-electron chi connectivity index (χ1n) is 11.8. The van der Waals surface area contributed by atoms with Crippen LogP contribution < -0.4 is 9.80 Å². The molecule has 0 spiro atoms. The number of piperazine rings is 1. The van der Waals surface area contributed by atoms with Crippen LogP contribution in [0, 0.1) is 0 Å². The molecule has 0 N–H and O–H groups in total. The van der Waals surface area contributed by atoms with E-state index in [1.807, 2.05) is 59.5 Å². The molecule has 0 radical (unpaired) electrons. The summed E-state index contributed by atoms with van der Waals surface area (Å²) in [5.74, 6) is -0.0279. The number of carbonyl (C=O) groups is 1. The summed E-state index contributed by atoms with van der Waals surface area (Å²) >= 11 is 0. The topological polar surface area (TPSA) is 39.2 Å². The van der Waals surface area contributed by atoms with Crippen molar-refractivity contribution in [2.45, 2.75) is 0 Å². The van der Waals surface area contributed by atoms with Crippen LogP contribution in [0.15, 0.2) is 102 Å². The lowest BCUT2D eigenvalue weighted by atomic mass is 10.1. The number of amides is 1. The third-order valence-corrected chi connectivity index (χ3v) is 6.71. The summed E-state index contributed by atoms with van der Waals surface area (Å²) < 4.78 is 0. The Morgan fingerprint density at radius 1 is 0.706 bits per heavy atom. The van der Waals surface area contributed by atoms with Gasteiger partial charge in [0.05, 0.1) is 18.0 Å². The maximum absolute atomic E-state index is 13.5. The number of fused-ring (bicyclic) bond motifs is 2. The maximum Gasteiger partial charge on any atom is 0.278 e. The molecule has 34 heavy (non-hydrogen) atoms. The summed E-state index contributed by atoms with van der Waals surface area (Å²) in [6.45, 7) is 4.31. The molecule has 5 nitrogen and oxygen atoms in total. The number of nitrogens with zero attached hydrogens (tertiary/aromatic N) is 4. The fraction of sp³-hybridized carbons (Fsp3) is 0.172. The number of rotatable bonds is 4. The van der Waals surface area contributed by atoms with Crippen molar-refractivity contribution in [2.24, 2.45) is 4.99 Å². The van der Waals surface area contributed by atoms with Crippen molar-refractivity contribution in [3.8, 4) is 0 Å². The minimum Gasteiger partial charge on any atom is -0.369 e. The van der Waals surface area contributed by atoms with Gasteiger partial charge in [-0.1, -0.05) is 66.7 Å². The fourth-order valence-electron chi connectivity index (χ4n) is 4.87. The Morgan fingerprint density at radius 2 is 1.41 bits per heavy atom. The molecule has 4 aromatic rings. The molecular weight excluding hydrogens is 420 g/mol. The predicted molar refractivity (Wildman–Crippen MR) is 139 cm³/mol. The Kier molecular flexibility index (Phi) is 5.32. The highest BCUT2D eigenvalue weighted by atomic mass is 16.2. The molecule has 1 amide bonds. The Balaban J connectivity index is 1.23. The first-order valence-corrected chi connectivity index (χ1v) is 11.8. The van der Waals surface area contributed by atoms with Gasteiger partial charge >= 0.3 is 0 Å². The van der Waals surface area contributed by atoms with Gasteiger partial charge in [0.1, 0.15) is 5.71 Å². The number of para-hydroxylation sites is 2. The van der Waals surface area contributed by atoms with Crippen LogP contribution in [-0.2, 0) is 4.79 Å². The van der Waals surface area contributed by atoms with E-state index in [4.69, 9.17) is 4.99 Å². The van der Waals surface area contributed by atoms with Crippen molar-refractivity contribution < 1.29 is 4.79 Å². The SMILES string of the molecule is O=C1C(=Nc2ccc3ccccc3c2)c2ccccc2N1CN1CCN(c2ccccc2)CC1. The van der Waals surface area contributed by atoms with E-state index in [9.17, 15) is 4.79 Å². The molecule has 2 aliphatic rings. The molecule has 168 valence electrons. The lowest BCUT2D eigenvalue weighted by molar-refractivity contribution is -0.112.